The molecular formula is C9H12F3N. The number of nitrogen functional groups attached to an aromatic ring is 1. The van der Waals surface area contributed by atoms with Gasteiger partial charge in [-0.2, -0.15) is 13.2 Å². The zero-order valence-electron chi connectivity index (χ0n) is 7.52. The van der Waals surface area contributed by atoms with Gasteiger partial charge >= 0.3 is 6.18 Å². The number of rotatable bonds is 0. The quantitative estimate of drug-likeness (QED) is 0.625. The Balaban J connectivity index is 0.000000671. The lowest BCUT2D eigenvalue weighted by Gasteiger charge is -2.07. The van der Waals surface area contributed by atoms with Gasteiger partial charge < -0.3 is 5.73 Å². The molecule has 2 N–H and O–H groups in total. The normalized spacial score (nSPS) is 10.2. The van der Waals surface area contributed by atoms with Gasteiger partial charge in [0, 0.05) is 5.69 Å². The maximum atomic E-state index is 12.0. The van der Waals surface area contributed by atoms with Crippen molar-refractivity contribution in [2.24, 2.45) is 0 Å². The Morgan fingerprint density at radius 2 is 1.54 bits per heavy atom. The molecule has 0 unspecified atom stereocenters. The predicted molar refractivity (Wildman–Crippen MR) is 47.2 cm³/mol. The molecular weight excluding hydrogens is 179 g/mol. The second-order valence-electron chi connectivity index (χ2n) is 2.09. The van der Waals surface area contributed by atoms with E-state index in [2.05, 4.69) is 0 Å². The van der Waals surface area contributed by atoms with Crippen molar-refractivity contribution in [2.45, 2.75) is 20.0 Å². The number of hydrogen-bond acceptors (Lipinski definition) is 1. The van der Waals surface area contributed by atoms with Gasteiger partial charge in [-0.15, -0.1) is 0 Å². The van der Waals surface area contributed by atoms with Crippen molar-refractivity contribution in [3.63, 3.8) is 0 Å². The zero-order valence-corrected chi connectivity index (χ0v) is 7.52. The van der Waals surface area contributed by atoms with Crippen LogP contribution in [-0.2, 0) is 6.18 Å². The Bertz CT molecular complexity index is 255. The number of para-hydroxylation sites is 1. The molecule has 0 aliphatic heterocycles. The zero-order chi connectivity index (χ0) is 10.5. The van der Waals surface area contributed by atoms with Crippen LogP contribution in [0.4, 0.5) is 18.9 Å². The second kappa shape index (κ2) is 4.74. The SMILES string of the molecule is CC.Nc1ccccc1C(F)(F)F. The van der Waals surface area contributed by atoms with E-state index >= 15 is 0 Å². The molecule has 0 fully saturated rings. The van der Waals surface area contributed by atoms with E-state index in [1.807, 2.05) is 13.8 Å². The summed E-state index contributed by atoms with van der Waals surface area (Å²) in [7, 11) is 0. The van der Waals surface area contributed by atoms with Crippen molar-refractivity contribution < 1.29 is 13.2 Å². The number of anilines is 1. The van der Waals surface area contributed by atoms with E-state index in [4.69, 9.17) is 5.73 Å². The van der Waals surface area contributed by atoms with E-state index in [-0.39, 0.29) is 5.69 Å². The third kappa shape index (κ3) is 3.36. The first-order chi connectivity index (χ1) is 6.02. The average molecular weight is 191 g/mol. The fourth-order valence-corrected chi connectivity index (χ4v) is 0.755. The van der Waals surface area contributed by atoms with Gasteiger partial charge in [-0.05, 0) is 12.1 Å². The topological polar surface area (TPSA) is 26.0 Å². The smallest absolute Gasteiger partial charge is 0.398 e. The number of nitrogens with two attached hydrogens (primary N) is 1. The molecule has 0 heterocycles. The summed E-state index contributed by atoms with van der Waals surface area (Å²) >= 11 is 0. The van der Waals surface area contributed by atoms with Crippen LogP contribution in [0.25, 0.3) is 0 Å². The number of benzene rings is 1. The van der Waals surface area contributed by atoms with E-state index in [0.717, 1.165) is 6.07 Å². The molecule has 1 aromatic carbocycles. The maximum Gasteiger partial charge on any atom is 0.418 e. The molecule has 0 spiro atoms. The Hall–Kier alpha value is -1.19. The lowest BCUT2D eigenvalue weighted by atomic mass is 10.2. The molecule has 1 nitrogen and oxygen atoms in total. The summed E-state index contributed by atoms with van der Waals surface area (Å²) < 4.78 is 35.9. The van der Waals surface area contributed by atoms with Crippen molar-refractivity contribution in [3.8, 4) is 0 Å². The summed E-state index contributed by atoms with van der Waals surface area (Å²) in [5.41, 5.74) is 4.07. The molecule has 13 heavy (non-hydrogen) atoms. The average Bonchev–Trinajstić information content (AvgIpc) is 2.07. The minimum Gasteiger partial charge on any atom is -0.398 e. The van der Waals surface area contributed by atoms with Gasteiger partial charge in [0.1, 0.15) is 0 Å². The Labute approximate surface area is 75.4 Å². The Morgan fingerprint density at radius 1 is 1.08 bits per heavy atom. The number of alkyl halides is 3. The highest BCUT2D eigenvalue weighted by Crippen LogP contribution is 2.32. The molecule has 1 aromatic rings. The van der Waals surface area contributed by atoms with E-state index in [1.54, 1.807) is 0 Å². The van der Waals surface area contributed by atoms with Crippen LogP contribution < -0.4 is 5.73 Å². The fourth-order valence-electron chi connectivity index (χ4n) is 0.755. The molecule has 4 heteroatoms. The van der Waals surface area contributed by atoms with Crippen molar-refractivity contribution in [3.05, 3.63) is 29.8 Å². The first-order valence-electron chi connectivity index (χ1n) is 3.93. The minimum atomic E-state index is -4.34. The van der Waals surface area contributed by atoms with Gasteiger partial charge in [0.05, 0.1) is 5.56 Å². The van der Waals surface area contributed by atoms with Crippen LogP contribution in [0.15, 0.2) is 24.3 Å². The summed E-state index contributed by atoms with van der Waals surface area (Å²) in [5.74, 6) is 0. The van der Waals surface area contributed by atoms with Gasteiger partial charge in [0.2, 0.25) is 0 Å². The highest BCUT2D eigenvalue weighted by Gasteiger charge is 2.32. The third-order valence-electron chi connectivity index (χ3n) is 1.27. The molecule has 0 amide bonds. The summed E-state index contributed by atoms with van der Waals surface area (Å²) in [6.45, 7) is 4.00. The molecule has 0 radical (unpaired) electrons. The van der Waals surface area contributed by atoms with Crippen LogP contribution in [0.5, 0.6) is 0 Å². The lowest BCUT2D eigenvalue weighted by molar-refractivity contribution is -0.136. The minimum absolute atomic E-state index is 0.236. The highest BCUT2D eigenvalue weighted by molar-refractivity contribution is 5.47. The van der Waals surface area contributed by atoms with Gasteiger partial charge in [-0.25, -0.2) is 0 Å². The number of hydrogen-bond donors (Lipinski definition) is 1. The summed E-state index contributed by atoms with van der Waals surface area (Å²) in [4.78, 5) is 0. The predicted octanol–water partition coefficient (Wildman–Crippen LogP) is 3.31. The standard InChI is InChI=1S/C7H6F3N.C2H6/c8-7(9,10)5-3-1-2-4-6(5)11;1-2/h1-4H,11H2;1-2H3. The lowest BCUT2D eigenvalue weighted by Crippen LogP contribution is -2.07. The molecule has 0 bridgehead atoms. The summed E-state index contributed by atoms with van der Waals surface area (Å²) in [5, 5.41) is 0. The van der Waals surface area contributed by atoms with Gasteiger partial charge in [-0.3, -0.25) is 0 Å². The van der Waals surface area contributed by atoms with Gasteiger partial charge in [0.25, 0.3) is 0 Å². The van der Waals surface area contributed by atoms with Crippen LogP contribution in [-0.4, -0.2) is 0 Å². The van der Waals surface area contributed by atoms with Gasteiger partial charge in [0.15, 0.2) is 0 Å². The van der Waals surface area contributed by atoms with Gasteiger partial charge in [-0.1, -0.05) is 26.0 Å². The van der Waals surface area contributed by atoms with Crippen molar-refractivity contribution >= 4 is 5.69 Å². The van der Waals surface area contributed by atoms with Crippen LogP contribution in [0.2, 0.25) is 0 Å². The Morgan fingerprint density at radius 3 is 1.85 bits per heavy atom. The first kappa shape index (κ1) is 11.8. The summed E-state index contributed by atoms with van der Waals surface area (Å²) in [6.07, 6.45) is -4.34. The highest BCUT2D eigenvalue weighted by atomic mass is 19.4. The molecule has 0 aliphatic rings. The maximum absolute atomic E-state index is 12.0. The largest absolute Gasteiger partial charge is 0.418 e. The van der Waals surface area contributed by atoms with E-state index < -0.39 is 11.7 Å². The van der Waals surface area contributed by atoms with Crippen LogP contribution >= 0.6 is 0 Å². The molecule has 0 atom stereocenters. The van der Waals surface area contributed by atoms with Crippen LogP contribution in [0, 0.1) is 0 Å². The van der Waals surface area contributed by atoms with Crippen LogP contribution in [0.1, 0.15) is 19.4 Å². The van der Waals surface area contributed by atoms with Crippen molar-refractivity contribution in [2.75, 3.05) is 5.73 Å². The summed E-state index contributed by atoms with van der Waals surface area (Å²) in [6, 6.07) is 4.95. The molecule has 74 valence electrons. The first-order valence-corrected chi connectivity index (χ1v) is 3.93. The van der Waals surface area contributed by atoms with E-state index in [9.17, 15) is 13.2 Å². The molecule has 0 aliphatic carbocycles. The Kier molecular flexibility index (Phi) is 4.31. The van der Waals surface area contributed by atoms with Crippen molar-refractivity contribution in [1.82, 2.24) is 0 Å². The van der Waals surface area contributed by atoms with E-state index in [0.29, 0.717) is 0 Å². The van der Waals surface area contributed by atoms with Crippen molar-refractivity contribution in [1.29, 1.82) is 0 Å². The third-order valence-corrected chi connectivity index (χ3v) is 1.27. The molecule has 0 saturated carbocycles. The molecule has 1 rings (SSSR count). The second-order valence-corrected chi connectivity index (χ2v) is 2.09. The number of halogens is 3. The fraction of sp³-hybridized carbons (Fsp3) is 0.333. The molecule has 0 aromatic heterocycles. The molecule has 0 saturated heterocycles. The van der Waals surface area contributed by atoms with E-state index in [1.165, 1.54) is 18.2 Å². The van der Waals surface area contributed by atoms with Crippen LogP contribution in [0.3, 0.4) is 0 Å². The monoisotopic (exact) mass is 191 g/mol.